The SMILES string of the molecule is C[Si](C)(C)[Si]12CCCC[Si]([Si]34CCCC[Si]([Si](C)(C)C)(CCCC3)[Si]4(C)C)(CCCC1)[Si]2(C)C. The van der Waals surface area contributed by atoms with Gasteiger partial charge >= 0.3 is 0 Å². The Kier molecular flexibility index (Phi) is 7.73. The second kappa shape index (κ2) is 9.15. The maximum Gasteiger partial charge on any atom is 0.0392 e. The molecule has 4 saturated heterocycles. The Morgan fingerprint density at radius 1 is 0.353 bits per heavy atom. The highest BCUT2D eigenvalue weighted by Crippen LogP contribution is 2.61. The smallest absolute Gasteiger partial charge is 0.0392 e. The number of fused-ring (bicyclic) bond motifs is 5. The molecule has 0 unspecified atom stereocenters. The minimum Gasteiger partial charge on any atom is -0.0735 e. The zero-order valence-corrected chi connectivity index (χ0v) is 33.3. The molecule has 198 valence electrons. The third-order valence-corrected chi connectivity index (χ3v) is 178. The van der Waals surface area contributed by atoms with Crippen molar-refractivity contribution in [1.29, 1.82) is 0 Å². The lowest BCUT2D eigenvalue weighted by Crippen LogP contribution is -2.94. The summed E-state index contributed by atoms with van der Waals surface area (Å²) in [5, 5.41) is 0. The zero-order chi connectivity index (χ0) is 25.3. The van der Waals surface area contributed by atoms with Gasteiger partial charge in [-0.05, 0) is 0 Å². The second-order valence-electron chi connectivity index (χ2n) is 16.9. The van der Waals surface area contributed by atoms with Crippen molar-refractivity contribution in [1.82, 2.24) is 0 Å². The van der Waals surface area contributed by atoms with Crippen LogP contribution in [-0.2, 0) is 0 Å². The van der Waals surface area contributed by atoms with Gasteiger partial charge in [0.1, 0.15) is 0 Å². The Labute approximate surface area is 221 Å². The topological polar surface area (TPSA) is 0 Å². The van der Waals surface area contributed by atoms with E-state index in [1.54, 1.807) is 51.4 Å². The Morgan fingerprint density at radius 3 is 0.765 bits per heavy atom. The van der Waals surface area contributed by atoms with Gasteiger partial charge < -0.3 is 0 Å². The summed E-state index contributed by atoms with van der Waals surface area (Å²) in [6, 6.07) is 14.8. The summed E-state index contributed by atoms with van der Waals surface area (Å²) in [6.07, 6.45) is 13.6. The molecule has 0 aromatic rings. The summed E-state index contributed by atoms with van der Waals surface area (Å²) in [4.78, 5) is 0. The average Bonchev–Trinajstić information content (AvgIpc) is 3.03. The number of rotatable bonds is 3. The minimum atomic E-state index is -1.22. The molecule has 4 heterocycles. The highest BCUT2D eigenvalue weighted by atomic mass is 30.1. The monoisotopic (exact) mass is 598 g/mol. The maximum atomic E-state index is 3.21. The van der Waals surface area contributed by atoms with Gasteiger partial charge in [-0.1, -0.05) is 165 Å². The molecule has 4 aliphatic heterocycles. The second-order valence-corrected chi connectivity index (χ2v) is 101. The summed E-state index contributed by atoms with van der Waals surface area (Å²) >= 11 is 0. The van der Waals surface area contributed by atoms with Crippen molar-refractivity contribution < 1.29 is 0 Å². The van der Waals surface area contributed by atoms with Crippen molar-refractivity contribution in [3.8, 4) is 0 Å². The summed E-state index contributed by atoms with van der Waals surface area (Å²) < 4.78 is 0. The van der Waals surface area contributed by atoms with E-state index in [0.717, 1.165) is 0 Å². The third-order valence-electron chi connectivity index (χ3n) is 14.4. The molecule has 0 amide bonds. The van der Waals surface area contributed by atoms with Gasteiger partial charge in [0, 0.05) is 57.8 Å². The van der Waals surface area contributed by atoms with Crippen LogP contribution in [-0.4, -0.2) is 57.8 Å². The molecule has 0 nitrogen and oxygen atoms in total. The van der Waals surface area contributed by atoms with Crippen molar-refractivity contribution in [2.75, 3.05) is 0 Å². The molecule has 4 rings (SSSR count). The normalized spacial score (nSPS) is 43.2. The lowest BCUT2D eigenvalue weighted by atomic mass is 10.4. The fourth-order valence-corrected chi connectivity index (χ4v) is 275. The molecular formula is C26H62Si8. The van der Waals surface area contributed by atoms with E-state index in [0.29, 0.717) is 0 Å². The van der Waals surface area contributed by atoms with Crippen LogP contribution in [0.2, 0.25) is 114 Å². The van der Waals surface area contributed by atoms with E-state index < -0.39 is 57.8 Å². The Hall–Kier alpha value is 1.74. The van der Waals surface area contributed by atoms with Crippen LogP contribution in [0.3, 0.4) is 0 Å². The molecule has 4 aliphatic rings. The molecule has 0 aromatic carbocycles. The van der Waals surface area contributed by atoms with Gasteiger partial charge in [-0.3, -0.25) is 0 Å². The van der Waals surface area contributed by atoms with Gasteiger partial charge in [0.25, 0.3) is 0 Å². The van der Waals surface area contributed by atoms with Crippen molar-refractivity contribution >= 4 is 57.8 Å². The van der Waals surface area contributed by atoms with Crippen molar-refractivity contribution in [3.05, 3.63) is 0 Å². The van der Waals surface area contributed by atoms with Gasteiger partial charge in [-0.2, -0.15) is 0 Å². The standard InChI is InChI=1S/C26H62Si8/c1-27(2,3)31-19-11-15-23-33(29(31,7)8,24-16-12-20-31)34-25-17-13-21-32(28(4,5)6,30(34,9)10)22-14-18-26-34/h11-26H2,1-10H3. The van der Waals surface area contributed by atoms with Crippen LogP contribution in [0.4, 0.5) is 0 Å². The highest BCUT2D eigenvalue weighted by Gasteiger charge is 2.77. The minimum absolute atomic E-state index is 1.09. The van der Waals surface area contributed by atoms with Crippen LogP contribution in [0.25, 0.3) is 0 Å². The first kappa shape index (κ1) is 28.7. The predicted octanol–water partition coefficient (Wildman–Crippen LogP) is 9.60. The van der Waals surface area contributed by atoms with Gasteiger partial charge in [-0.25, -0.2) is 0 Å². The van der Waals surface area contributed by atoms with Gasteiger partial charge in [0.15, 0.2) is 0 Å². The molecule has 0 N–H and O–H groups in total. The van der Waals surface area contributed by atoms with E-state index in [1.165, 1.54) is 0 Å². The lowest BCUT2D eigenvalue weighted by molar-refractivity contribution is 0.801. The van der Waals surface area contributed by atoms with E-state index in [1.807, 2.05) is 48.4 Å². The van der Waals surface area contributed by atoms with Crippen LogP contribution >= 0.6 is 0 Å². The molecule has 4 bridgehead atoms. The molecule has 0 spiro atoms. The van der Waals surface area contributed by atoms with Crippen LogP contribution < -0.4 is 0 Å². The molecule has 8 heteroatoms. The van der Waals surface area contributed by atoms with E-state index >= 15 is 0 Å². The largest absolute Gasteiger partial charge is 0.0735 e. The Morgan fingerprint density at radius 2 is 0.559 bits per heavy atom. The van der Waals surface area contributed by atoms with Crippen LogP contribution in [0.1, 0.15) is 51.4 Å². The fraction of sp³-hybridized carbons (Fsp3) is 1.00. The van der Waals surface area contributed by atoms with Crippen molar-refractivity contribution in [2.45, 2.75) is 165 Å². The Bertz CT molecular complexity index is 672. The van der Waals surface area contributed by atoms with E-state index in [4.69, 9.17) is 0 Å². The Balaban J connectivity index is 2.06. The number of hydrogen-bond donors (Lipinski definition) is 0. The summed E-state index contributed by atoms with van der Waals surface area (Å²) in [5.41, 5.74) is 0. The average molecular weight is 599 g/mol. The first-order chi connectivity index (χ1) is 15.6. The van der Waals surface area contributed by atoms with E-state index in [-0.39, 0.29) is 0 Å². The van der Waals surface area contributed by atoms with Gasteiger partial charge in [0.05, 0.1) is 0 Å². The molecule has 34 heavy (non-hydrogen) atoms. The summed E-state index contributed by atoms with van der Waals surface area (Å²) in [7, 11) is -9.25. The lowest BCUT2D eigenvalue weighted by Gasteiger charge is -2.69. The predicted molar refractivity (Wildman–Crippen MR) is 180 cm³/mol. The molecule has 0 aromatic heterocycles. The van der Waals surface area contributed by atoms with Crippen molar-refractivity contribution in [3.63, 3.8) is 0 Å². The molecular weight excluding hydrogens is 537 g/mol. The highest BCUT2D eigenvalue weighted by molar-refractivity contribution is 8.04. The van der Waals surface area contributed by atoms with Crippen LogP contribution in [0, 0.1) is 0 Å². The fourth-order valence-electron chi connectivity index (χ4n) is 12.9. The third kappa shape index (κ3) is 3.56. The van der Waals surface area contributed by atoms with E-state index in [2.05, 4.69) is 65.5 Å². The molecule has 0 saturated carbocycles. The quantitative estimate of drug-likeness (QED) is 0.284. The van der Waals surface area contributed by atoms with Gasteiger partial charge in [0.2, 0.25) is 0 Å². The number of hydrogen-bond acceptors (Lipinski definition) is 0. The first-order valence-electron chi connectivity index (χ1n) is 15.6. The van der Waals surface area contributed by atoms with Crippen LogP contribution in [0.5, 0.6) is 0 Å². The molecule has 4 fully saturated rings. The summed E-state index contributed by atoms with van der Waals surface area (Å²) in [6.45, 7) is 30.4. The zero-order valence-electron chi connectivity index (χ0n) is 25.3. The van der Waals surface area contributed by atoms with E-state index in [9.17, 15) is 0 Å². The maximum absolute atomic E-state index is 3.21. The summed E-state index contributed by atoms with van der Waals surface area (Å²) in [5.74, 6) is 0. The van der Waals surface area contributed by atoms with Crippen LogP contribution in [0.15, 0.2) is 0 Å². The molecule has 0 atom stereocenters. The molecule has 0 aliphatic carbocycles. The molecule has 0 radical (unpaired) electrons. The first-order valence-corrected chi connectivity index (χ1v) is 45.2. The van der Waals surface area contributed by atoms with Gasteiger partial charge in [-0.15, -0.1) is 0 Å². The van der Waals surface area contributed by atoms with Crippen molar-refractivity contribution in [2.24, 2.45) is 0 Å².